The van der Waals surface area contributed by atoms with Crippen LogP contribution in [0.1, 0.15) is 21.9 Å². The number of nitrogens with one attached hydrogen (secondary N) is 1. The predicted molar refractivity (Wildman–Crippen MR) is 72.7 cm³/mol. The summed E-state index contributed by atoms with van der Waals surface area (Å²) in [6, 6.07) is 7.61. The molecule has 0 bridgehead atoms. The molecule has 2 rings (SSSR count). The summed E-state index contributed by atoms with van der Waals surface area (Å²) in [4.78, 5) is 22.1. The molecule has 1 N–H and O–H groups in total. The van der Waals surface area contributed by atoms with E-state index in [1.807, 2.05) is 0 Å². The number of aryl methyl sites for hydroxylation is 1. The lowest BCUT2D eigenvalue weighted by molar-refractivity contribution is -0.384. The van der Waals surface area contributed by atoms with Gasteiger partial charge in [-0.2, -0.15) is 0 Å². The number of carbonyl (C=O) groups excluding carboxylic acids is 1. The van der Waals surface area contributed by atoms with Crippen molar-refractivity contribution in [2.24, 2.45) is 0 Å². The second-order valence-corrected chi connectivity index (χ2v) is 4.47. The SMILES string of the molecule is Cc1ccc(CNC(=O)c2cccc([N+](=O)[O-])c2Cl)o1. The highest BCUT2D eigenvalue weighted by atomic mass is 35.5. The molecule has 1 aromatic carbocycles. The van der Waals surface area contributed by atoms with E-state index in [2.05, 4.69) is 5.32 Å². The van der Waals surface area contributed by atoms with Crippen LogP contribution in [0.5, 0.6) is 0 Å². The first-order valence-corrected chi connectivity index (χ1v) is 6.13. The fourth-order valence-corrected chi connectivity index (χ4v) is 1.96. The molecule has 1 heterocycles. The van der Waals surface area contributed by atoms with Crippen molar-refractivity contribution in [2.45, 2.75) is 13.5 Å². The van der Waals surface area contributed by atoms with Crippen LogP contribution in [0.15, 0.2) is 34.7 Å². The van der Waals surface area contributed by atoms with Crippen molar-refractivity contribution in [3.63, 3.8) is 0 Å². The maximum Gasteiger partial charge on any atom is 0.288 e. The zero-order valence-electron chi connectivity index (χ0n) is 10.6. The predicted octanol–water partition coefficient (Wildman–Crippen LogP) is 3.08. The van der Waals surface area contributed by atoms with Crippen molar-refractivity contribution in [2.75, 3.05) is 0 Å². The summed E-state index contributed by atoms with van der Waals surface area (Å²) in [5, 5.41) is 13.2. The Morgan fingerprint density at radius 2 is 2.15 bits per heavy atom. The first kappa shape index (κ1) is 14.1. The van der Waals surface area contributed by atoms with Crippen LogP contribution < -0.4 is 5.32 Å². The summed E-state index contributed by atoms with van der Waals surface area (Å²) in [6.45, 7) is 1.98. The molecule has 0 fully saturated rings. The molecule has 6 nitrogen and oxygen atoms in total. The van der Waals surface area contributed by atoms with Crippen LogP contribution in [0.3, 0.4) is 0 Å². The number of nitro benzene ring substituents is 1. The molecular formula is C13H11ClN2O4. The summed E-state index contributed by atoms with van der Waals surface area (Å²) in [5.41, 5.74) is -0.239. The highest BCUT2D eigenvalue weighted by molar-refractivity contribution is 6.35. The molecule has 0 aliphatic carbocycles. The molecule has 20 heavy (non-hydrogen) atoms. The lowest BCUT2D eigenvalue weighted by Crippen LogP contribution is -2.23. The Hall–Kier alpha value is -2.34. The molecule has 1 amide bonds. The lowest BCUT2D eigenvalue weighted by atomic mass is 10.2. The highest BCUT2D eigenvalue weighted by Gasteiger charge is 2.19. The van der Waals surface area contributed by atoms with Crippen LogP contribution in [0, 0.1) is 17.0 Å². The molecular weight excluding hydrogens is 284 g/mol. The Kier molecular flexibility index (Phi) is 4.05. The van der Waals surface area contributed by atoms with E-state index >= 15 is 0 Å². The topological polar surface area (TPSA) is 85.4 Å². The van der Waals surface area contributed by atoms with E-state index in [0.29, 0.717) is 5.76 Å². The maximum atomic E-state index is 12.0. The minimum absolute atomic E-state index is 0.0594. The van der Waals surface area contributed by atoms with Gasteiger partial charge in [-0.15, -0.1) is 0 Å². The second-order valence-electron chi connectivity index (χ2n) is 4.09. The Bertz CT molecular complexity index is 666. The lowest BCUT2D eigenvalue weighted by Gasteiger charge is -2.05. The molecule has 104 valence electrons. The zero-order valence-corrected chi connectivity index (χ0v) is 11.3. The average Bonchev–Trinajstić information content (AvgIpc) is 2.81. The van der Waals surface area contributed by atoms with Gasteiger partial charge < -0.3 is 9.73 Å². The Morgan fingerprint density at radius 1 is 1.40 bits per heavy atom. The number of rotatable bonds is 4. The first-order chi connectivity index (χ1) is 9.49. The largest absolute Gasteiger partial charge is 0.465 e. The standard InChI is InChI=1S/C13H11ClN2O4/c1-8-5-6-9(20-8)7-15-13(17)10-3-2-4-11(12(10)14)16(18)19/h2-6H,7H2,1H3,(H,15,17). The third-order valence-corrected chi connectivity index (χ3v) is 3.04. The van der Waals surface area contributed by atoms with Gasteiger partial charge in [-0.05, 0) is 25.1 Å². The van der Waals surface area contributed by atoms with Crippen LogP contribution in [0.2, 0.25) is 5.02 Å². The van der Waals surface area contributed by atoms with E-state index in [-0.39, 0.29) is 22.8 Å². The average molecular weight is 295 g/mol. The van der Waals surface area contributed by atoms with Crippen LogP contribution in [-0.4, -0.2) is 10.8 Å². The molecule has 0 saturated carbocycles. The van der Waals surface area contributed by atoms with Crippen LogP contribution in [0.25, 0.3) is 0 Å². The van der Waals surface area contributed by atoms with Crippen LogP contribution >= 0.6 is 11.6 Å². The van der Waals surface area contributed by atoms with Crippen molar-refractivity contribution < 1.29 is 14.1 Å². The molecule has 0 unspecified atom stereocenters. The van der Waals surface area contributed by atoms with E-state index in [1.165, 1.54) is 18.2 Å². The van der Waals surface area contributed by atoms with Gasteiger partial charge in [0.05, 0.1) is 17.0 Å². The maximum absolute atomic E-state index is 12.0. The monoisotopic (exact) mass is 294 g/mol. The van der Waals surface area contributed by atoms with Gasteiger partial charge in [0.15, 0.2) is 0 Å². The van der Waals surface area contributed by atoms with Gasteiger partial charge in [0, 0.05) is 6.07 Å². The van der Waals surface area contributed by atoms with Crippen molar-refractivity contribution >= 4 is 23.2 Å². The van der Waals surface area contributed by atoms with Gasteiger partial charge >= 0.3 is 0 Å². The smallest absolute Gasteiger partial charge is 0.288 e. The van der Waals surface area contributed by atoms with Crippen molar-refractivity contribution in [3.8, 4) is 0 Å². The van der Waals surface area contributed by atoms with Gasteiger partial charge in [0.1, 0.15) is 16.5 Å². The quantitative estimate of drug-likeness (QED) is 0.693. The molecule has 1 aromatic heterocycles. The molecule has 0 spiro atoms. The number of amides is 1. The number of nitrogens with zero attached hydrogens (tertiary/aromatic N) is 1. The second kappa shape index (κ2) is 5.75. The summed E-state index contributed by atoms with van der Waals surface area (Å²) in [7, 11) is 0. The van der Waals surface area contributed by atoms with Crippen LogP contribution in [-0.2, 0) is 6.54 Å². The van der Waals surface area contributed by atoms with E-state index in [4.69, 9.17) is 16.0 Å². The summed E-state index contributed by atoms with van der Waals surface area (Å²) in [5.74, 6) is 0.841. The number of hydrogen-bond donors (Lipinski definition) is 1. The Balaban J connectivity index is 2.13. The molecule has 7 heteroatoms. The van der Waals surface area contributed by atoms with Gasteiger partial charge in [-0.25, -0.2) is 0 Å². The molecule has 0 atom stereocenters. The van der Waals surface area contributed by atoms with Crippen LogP contribution in [0.4, 0.5) is 5.69 Å². The summed E-state index contributed by atoms with van der Waals surface area (Å²) < 4.78 is 5.31. The third kappa shape index (κ3) is 2.97. The number of carbonyl (C=O) groups is 1. The van der Waals surface area contributed by atoms with E-state index in [0.717, 1.165) is 5.76 Å². The minimum atomic E-state index is -0.630. The fourth-order valence-electron chi connectivity index (χ4n) is 1.68. The number of halogens is 1. The van der Waals surface area contributed by atoms with Crippen molar-refractivity contribution in [1.29, 1.82) is 0 Å². The fraction of sp³-hybridized carbons (Fsp3) is 0.154. The number of hydrogen-bond acceptors (Lipinski definition) is 4. The molecule has 0 aliphatic rings. The van der Waals surface area contributed by atoms with Gasteiger partial charge in [0.25, 0.3) is 11.6 Å². The molecule has 2 aromatic rings. The summed E-state index contributed by atoms with van der Waals surface area (Å²) in [6.07, 6.45) is 0. The van der Waals surface area contributed by atoms with E-state index < -0.39 is 10.8 Å². The number of furan rings is 1. The third-order valence-electron chi connectivity index (χ3n) is 2.64. The Labute approximate surface area is 119 Å². The highest BCUT2D eigenvalue weighted by Crippen LogP contribution is 2.27. The molecule has 0 saturated heterocycles. The normalized spacial score (nSPS) is 10.3. The van der Waals surface area contributed by atoms with E-state index in [9.17, 15) is 14.9 Å². The van der Waals surface area contributed by atoms with Gasteiger partial charge in [0.2, 0.25) is 0 Å². The first-order valence-electron chi connectivity index (χ1n) is 5.75. The van der Waals surface area contributed by atoms with E-state index in [1.54, 1.807) is 19.1 Å². The minimum Gasteiger partial charge on any atom is -0.465 e. The van der Waals surface area contributed by atoms with Gasteiger partial charge in [-0.3, -0.25) is 14.9 Å². The van der Waals surface area contributed by atoms with Crippen molar-refractivity contribution in [3.05, 3.63) is 62.6 Å². The number of nitro groups is 1. The van der Waals surface area contributed by atoms with Crippen molar-refractivity contribution in [1.82, 2.24) is 5.32 Å². The molecule has 0 aliphatic heterocycles. The molecule has 0 radical (unpaired) electrons. The summed E-state index contributed by atoms with van der Waals surface area (Å²) >= 11 is 5.86. The number of benzene rings is 1. The van der Waals surface area contributed by atoms with Gasteiger partial charge in [-0.1, -0.05) is 17.7 Å². The Morgan fingerprint density at radius 3 is 2.75 bits per heavy atom. The zero-order chi connectivity index (χ0) is 14.7.